The first-order valence-electron chi connectivity index (χ1n) is 10.2. The van der Waals surface area contributed by atoms with Crippen LogP contribution in [0, 0.1) is 0 Å². The van der Waals surface area contributed by atoms with Gasteiger partial charge in [-0.15, -0.1) is 0 Å². The quantitative estimate of drug-likeness (QED) is 0.556. The Hall–Kier alpha value is -3.75. The Morgan fingerprint density at radius 2 is 1.52 bits per heavy atom. The van der Waals surface area contributed by atoms with Gasteiger partial charge in [0.25, 0.3) is 11.8 Å². The molecule has 0 radical (unpaired) electrons. The summed E-state index contributed by atoms with van der Waals surface area (Å²) in [5, 5.41) is 5.20. The number of hydrogen-bond acceptors (Lipinski definition) is 7. The van der Waals surface area contributed by atoms with E-state index in [1.54, 1.807) is 6.07 Å². The number of nitrogens with one attached hydrogen (secondary N) is 2. The summed E-state index contributed by atoms with van der Waals surface area (Å²) in [7, 11) is 4.32. The van der Waals surface area contributed by atoms with Gasteiger partial charge in [0, 0.05) is 11.3 Å². The monoisotopic (exact) mass is 458 g/mol. The molecule has 0 spiro atoms. The van der Waals surface area contributed by atoms with Gasteiger partial charge in [-0.25, -0.2) is 0 Å². The molecule has 2 amide bonds. The number of ether oxygens (including phenoxy) is 4. The van der Waals surface area contributed by atoms with E-state index in [0.29, 0.717) is 22.9 Å². The van der Waals surface area contributed by atoms with Crippen LogP contribution in [0.25, 0.3) is 0 Å². The standard InChI is InChI=1S/C24H30N2O7/c1-24(2,3)16-9-7-8-10-17(16)26-20(27)14-33-21(28)13-25-23(29)15-11-18(30-4)22(32-6)19(12-15)31-5/h7-12H,13-14H2,1-6H3,(H,25,29)(H,26,27). The van der Waals surface area contributed by atoms with Crippen LogP contribution in [-0.2, 0) is 19.7 Å². The van der Waals surface area contributed by atoms with Crippen LogP contribution in [0.1, 0.15) is 36.7 Å². The molecule has 0 bridgehead atoms. The molecule has 0 atom stereocenters. The Kier molecular flexibility index (Phi) is 8.67. The maximum Gasteiger partial charge on any atom is 0.325 e. The highest BCUT2D eigenvalue weighted by molar-refractivity contribution is 5.97. The van der Waals surface area contributed by atoms with Crippen LogP contribution >= 0.6 is 0 Å². The van der Waals surface area contributed by atoms with Crippen molar-refractivity contribution in [3.05, 3.63) is 47.5 Å². The predicted octanol–water partition coefficient (Wildman–Crippen LogP) is 2.92. The Labute approximate surface area is 193 Å². The fraction of sp³-hybridized carbons (Fsp3) is 0.375. The molecule has 0 aliphatic rings. The number of rotatable bonds is 9. The lowest BCUT2D eigenvalue weighted by molar-refractivity contribution is -0.146. The minimum atomic E-state index is -0.755. The second kappa shape index (κ2) is 11.2. The van der Waals surface area contributed by atoms with E-state index in [2.05, 4.69) is 10.6 Å². The highest BCUT2D eigenvalue weighted by Crippen LogP contribution is 2.38. The van der Waals surface area contributed by atoms with E-state index in [0.717, 1.165) is 5.56 Å². The van der Waals surface area contributed by atoms with E-state index in [1.807, 2.05) is 39.0 Å². The van der Waals surface area contributed by atoms with Crippen LogP contribution in [0.15, 0.2) is 36.4 Å². The molecule has 2 aromatic rings. The van der Waals surface area contributed by atoms with Crippen molar-refractivity contribution in [1.29, 1.82) is 0 Å². The van der Waals surface area contributed by atoms with Gasteiger partial charge in [-0.1, -0.05) is 39.0 Å². The number of amides is 2. The molecule has 2 rings (SSSR count). The number of carbonyl (C=O) groups is 3. The second-order valence-electron chi connectivity index (χ2n) is 8.10. The van der Waals surface area contributed by atoms with E-state index >= 15 is 0 Å². The summed E-state index contributed by atoms with van der Waals surface area (Å²) < 4.78 is 20.6. The minimum absolute atomic E-state index is 0.169. The zero-order chi connectivity index (χ0) is 24.6. The van der Waals surface area contributed by atoms with E-state index in [4.69, 9.17) is 18.9 Å². The molecule has 0 saturated carbocycles. The lowest BCUT2D eigenvalue weighted by Gasteiger charge is -2.22. The maximum atomic E-state index is 12.4. The maximum absolute atomic E-state index is 12.4. The molecule has 178 valence electrons. The predicted molar refractivity (Wildman–Crippen MR) is 123 cm³/mol. The molecular formula is C24H30N2O7. The van der Waals surface area contributed by atoms with E-state index in [1.165, 1.54) is 33.5 Å². The summed E-state index contributed by atoms with van der Waals surface area (Å²) >= 11 is 0. The first-order chi connectivity index (χ1) is 15.6. The normalized spacial score (nSPS) is 10.7. The molecule has 0 aliphatic carbocycles. The summed E-state index contributed by atoms with van der Waals surface area (Å²) in [5.41, 5.74) is 1.65. The molecule has 2 aromatic carbocycles. The number of anilines is 1. The molecule has 0 fully saturated rings. The second-order valence-corrected chi connectivity index (χ2v) is 8.10. The highest BCUT2D eigenvalue weighted by Gasteiger charge is 2.20. The first-order valence-corrected chi connectivity index (χ1v) is 10.2. The van der Waals surface area contributed by atoms with E-state index in [-0.39, 0.29) is 11.0 Å². The molecule has 0 saturated heterocycles. The summed E-state index contributed by atoms with van der Waals surface area (Å²) in [5.74, 6) is -0.829. The van der Waals surface area contributed by atoms with Gasteiger partial charge in [0.15, 0.2) is 18.1 Å². The fourth-order valence-electron chi connectivity index (χ4n) is 3.10. The number of carbonyl (C=O) groups excluding carboxylic acids is 3. The third-order valence-corrected chi connectivity index (χ3v) is 4.69. The number of esters is 1. The molecular weight excluding hydrogens is 428 g/mol. The van der Waals surface area contributed by atoms with Crippen LogP contribution in [0.4, 0.5) is 5.69 Å². The van der Waals surface area contributed by atoms with Crippen molar-refractivity contribution in [2.24, 2.45) is 0 Å². The highest BCUT2D eigenvalue weighted by atomic mass is 16.5. The van der Waals surface area contributed by atoms with Gasteiger partial charge in [-0.2, -0.15) is 0 Å². The summed E-state index contributed by atoms with van der Waals surface area (Å²) in [6.45, 7) is 5.22. The SMILES string of the molecule is COc1cc(C(=O)NCC(=O)OCC(=O)Nc2ccccc2C(C)(C)C)cc(OC)c1OC. The Morgan fingerprint density at radius 3 is 2.06 bits per heavy atom. The van der Waals surface area contributed by atoms with Crippen LogP contribution in [0.2, 0.25) is 0 Å². The third-order valence-electron chi connectivity index (χ3n) is 4.69. The molecule has 2 N–H and O–H groups in total. The van der Waals surface area contributed by atoms with E-state index < -0.39 is 30.9 Å². The smallest absolute Gasteiger partial charge is 0.325 e. The van der Waals surface area contributed by atoms with Crippen LogP contribution in [0.3, 0.4) is 0 Å². The van der Waals surface area contributed by atoms with Crippen molar-refractivity contribution in [1.82, 2.24) is 5.32 Å². The lowest BCUT2D eigenvalue weighted by atomic mass is 9.86. The van der Waals surface area contributed by atoms with Gasteiger partial charge >= 0.3 is 5.97 Å². The molecule has 0 aromatic heterocycles. The molecule has 0 aliphatic heterocycles. The third kappa shape index (κ3) is 6.86. The fourth-order valence-corrected chi connectivity index (χ4v) is 3.10. The topological polar surface area (TPSA) is 112 Å². The summed E-state index contributed by atoms with van der Waals surface area (Å²) in [6.07, 6.45) is 0. The summed E-state index contributed by atoms with van der Waals surface area (Å²) in [6, 6.07) is 10.4. The van der Waals surface area contributed by atoms with Gasteiger partial charge in [0.1, 0.15) is 6.54 Å². The van der Waals surface area contributed by atoms with Crippen LogP contribution in [0.5, 0.6) is 17.2 Å². The largest absolute Gasteiger partial charge is 0.493 e. The molecule has 0 unspecified atom stereocenters. The molecule has 0 heterocycles. The van der Waals surface area contributed by atoms with Crippen molar-refractivity contribution in [2.75, 3.05) is 39.8 Å². The Bertz CT molecular complexity index is 987. The van der Waals surface area contributed by atoms with E-state index in [9.17, 15) is 14.4 Å². The zero-order valence-electron chi connectivity index (χ0n) is 19.7. The van der Waals surface area contributed by atoms with Gasteiger partial charge < -0.3 is 29.6 Å². The van der Waals surface area contributed by atoms with Crippen LogP contribution in [-0.4, -0.2) is 52.3 Å². The summed E-state index contributed by atoms with van der Waals surface area (Å²) in [4.78, 5) is 36.7. The van der Waals surface area contributed by atoms with Crippen molar-refractivity contribution in [2.45, 2.75) is 26.2 Å². The van der Waals surface area contributed by atoms with Crippen molar-refractivity contribution >= 4 is 23.5 Å². The average molecular weight is 459 g/mol. The number of benzene rings is 2. The molecule has 9 heteroatoms. The number of methoxy groups -OCH3 is 3. The van der Waals surface area contributed by atoms with Crippen molar-refractivity contribution in [3.63, 3.8) is 0 Å². The Morgan fingerprint density at radius 1 is 0.909 bits per heavy atom. The Balaban J connectivity index is 1.91. The van der Waals surface area contributed by atoms with Gasteiger partial charge in [-0.3, -0.25) is 14.4 Å². The molecule has 33 heavy (non-hydrogen) atoms. The number of para-hydroxylation sites is 1. The van der Waals surface area contributed by atoms with Crippen LogP contribution < -0.4 is 24.8 Å². The van der Waals surface area contributed by atoms with Gasteiger partial charge in [-0.05, 0) is 29.2 Å². The van der Waals surface area contributed by atoms with Crippen molar-refractivity contribution in [3.8, 4) is 17.2 Å². The lowest BCUT2D eigenvalue weighted by Crippen LogP contribution is -2.32. The molecule has 9 nitrogen and oxygen atoms in total. The zero-order valence-corrected chi connectivity index (χ0v) is 19.7. The average Bonchev–Trinajstić information content (AvgIpc) is 2.79. The van der Waals surface area contributed by atoms with Gasteiger partial charge in [0.2, 0.25) is 5.75 Å². The van der Waals surface area contributed by atoms with Gasteiger partial charge in [0.05, 0.1) is 21.3 Å². The van der Waals surface area contributed by atoms with Crippen molar-refractivity contribution < 1.29 is 33.3 Å². The minimum Gasteiger partial charge on any atom is -0.493 e. The number of hydrogen-bond donors (Lipinski definition) is 2. The first kappa shape index (κ1) is 25.5.